The average Bonchev–Trinajstić information content (AvgIpc) is 2.79. The van der Waals surface area contributed by atoms with E-state index < -0.39 is 9.84 Å². The van der Waals surface area contributed by atoms with E-state index >= 15 is 0 Å². The molecule has 21 heavy (non-hydrogen) atoms. The number of sulfone groups is 1. The van der Waals surface area contributed by atoms with Crippen LogP contribution in [-0.2, 0) is 14.6 Å². The van der Waals surface area contributed by atoms with Crippen LogP contribution in [0.1, 0.15) is 6.42 Å². The topological polar surface area (TPSA) is 54.5 Å². The lowest BCUT2D eigenvalue weighted by Crippen LogP contribution is -2.38. The van der Waals surface area contributed by atoms with Gasteiger partial charge in [0.25, 0.3) is 0 Å². The number of halogens is 2. The Morgan fingerprint density at radius 1 is 1.43 bits per heavy atom. The van der Waals surface area contributed by atoms with Crippen molar-refractivity contribution < 1.29 is 13.2 Å². The van der Waals surface area contributed by atoms with Gasteiger partial charge in [-0.05, 0) is 24.6 Å². The Kier molecular flexibility index (Phi) is 5.46. The number of carbonyl (C=O) groups excluding carboxylic acids is 1. The Balaban J connectivity index is 1.94. The molecule has 0 bridgehead atoms. The zero-order chi connectivity index (χ0) is 15.6. The molecule has 1 aliphatic heterocycles. The largest absolute Gasteiger partial charge is 0.341 e. The molecule has 8 heteroatoms. The molecule has 1 atom stereocenters. The molecule has 1 aromatic carbocycles. The summed E-state index contributed by atoms with van der Waals surface area (Å²) in [5, 5.41) is 1.10. The molecule has 0 aromatic heterocycles. The molecule has 4 nitrogen and oxygen atoms in total. The minimum atomic E-state index is -2.99. The van der Waals surface area contributed by atoms with Crippen LogP contribution in [0, 0.1) is 0 Å². The summed E-state index contributed by atoms with van der Waals surface area (Å²) < 4.78 is 22.9. The molecule has 0 saturated carbocycles. The SMILES string of the molecule is CN(C(=O)CSc1cc(Cl)ccc1Cl)[C@H]1CCS(=O)(=O)C1. The van der Waals surface area contributed by atoms with Gasteiger partial charge in [0.2, 0.25) is 5.91 Å². The summed E-state index contributed by atoms with van der Waals surface area (Å²) in [6.07, 6.45) is 0.507. The monoisotopic (exact) mass is 367 g/mol. The van der Waals surface area contributed by atoms with Crippen molar-refractivity contribution in [2.75, 3.05) is 24.3 Å². The molecule has 0 aliphatic carbocycles. The lowest BCUT2D eigenvalue weighted by molar-refractivity contribution is -0.128. The van der Waals surface area contributed by atoms with Crippen molar-refractivity contribution in [2.45, 2.75) is 17.4 Å². The number of thioether (sulfide) groups is 1. The van der Waals surface area contributed by atoms with Crippen molar-refractivity contribution >= 4 is 50.7 Å². The number of hydrogen-bond acceptors (Lipinski definition) is 4. The van der Waals surface area contributed by atoms with E-state index in [2.05, 4.69) is 0 Å². The van der Waals surface area contributed by atoms with Gasteiger partial charge in [0, 0.05) is 23.0 Å². The first-order valence-electron chi connectivity index (χ1n) is 6.32. The maximum atomic E-state index is 12.1. The van der Waals surface area contributed by atoms with Crippen LogP contribution < -0.4 is 0 Å². The van der Waals surface area contributed by atoms with Crippen LogP contribution >= 0.6 is 35.0 Å². The molecule has 1 heterocycles. The zero-order valence-electron chi connectivity index (χ0n) is 11.4. The van der Waals surface area contributed by atoms with E-state index in [1.807, 2.05) is 0 Å². The molecule has 0 N–H and O–H groups in total. The summed E-state index contributed by atoms with van der Waals surface area (Å²) in [4.78, 5) is 14.4. The van der Waals surface area contributed by atoms with Gasteiger partial charge >= 0.3 is 0 Å². The highest BCUT2D eigenvalue weighted by Crippen LogP contribution is 2.30. The number of carbonyl (C=O) groups is 1. The predicted molar refractivity (Wildman–Crippen MR) is 87.0 cm³/mol. The van der Waals surface area contributed by atoms with E-state index in [0.717, 1.165) is 4.90 Å². The Hall–Kier alpha value is -0.430. The molecule has 1 aromatic rings. The molecule has 1 fully saturated rings. The van der Waals surface area contributed by atoms with Gasteiger partial charge in [0.05, 0.1) is 22.3 Å². The quantitative estimate of drug-likeness (QED) is 0.767. The third kappa shape index (κ3) is 4.52. The van der Waals surface area contributed by atoms with Gasteiger partial charge in [-0.3, -0.25) is 4.79 Å². The fourth-order valence-corrected chi connectivity index (χ4v) is 5.30. The van der Waals surface area contributed by atoms with Crippen LogP contribution in [0.5, 0.6) is 0 Å². The smallest absolute Gasteiger partial charge is 0.232 e. The summed E-state index contributed by atoms with van der Waals surface area (Å²) in [6, 6.07) is 4.86. The molecule has 116 valence electrons. The maximum Gasteiger partial charge on any atom is 0.232 e. The Morgan fingerprint density at radius 2 is 2.14 bits per heavy atom. The van der Waals surface area contributed by atoms with Crippen molar-refractivity contribution in [3.63, 3.8) is 0 Å². The molecule has 1 aliphatic rings. The average molecular weight is 368 g/mol. The minimum Gasteiger partial charge on any atom is -0.341 e. The van der Waals surface area contributed by atoms with E-state index in [1.165, 1.54) is 16.7 Å². The lowest BCUT2D eigenvalue weighted by Gasteiger charge is -2.23. The van der Waals surface area contributed by atoms with Gasteiger partial charge < -0.3 is 4.90 Å². The third-order valence-electron chi connectivity index (χ3n) is 3.39. The Labute approximate surface area is 138 Å². The van der Waals surface area contributed by atoms with E-state index in [-0.39, 0.29) is 29.2 Å². The van der Waals surface area contributed by atoms with Crippen LogP contribution in [0.3, 0.4) is 0 Å². The van der Waals surface area contributed by atoms with Gasteiger partial charge in [-0.15, -0.1) is 11.8 Å². The first-order chi connectivity index (χ1) is 9.78. The molecule has 0 radical (unpaired) electrons. The number of nitrogens with zero attached hydrogens (tertiary/aromatic N) is 1. The maximum absolute atomic E-state index is 12.1. The van der Waals surface area contributed by atoms with E-state index in [4.69, 9.17) is 23.2 Å². The Bertz CT molecular complexity index is 649. The lowest BCUT2D eigenvalue weighted by atomic mass is 10.2. The molecule has 0 unspecified atom stereocenters. The molecule has 0 spiro atoms. The van der Waals surface area contributed by atoms with Crippen LogP contribution in [0.2, 0.25) is 10.0 Å². The Morgan fingerprint density at radius 3 is 2.76 bits per heavy atom. The molecule has 2 rings (SSSR count). The second-order valence-electron chi connectivity index (χ2n) is 4.92. The molecule has 1 amide bonds. The van der Waals surface area contributed by atoms with E-state index in [0.29, 0.717) is 16.5 Å². The van der Waals surface area contributed by atoms with Gasteiger partial charge in [0.15, 0.2) is 9.84 Å². The second kappa shape index (κ2) is 6.77. The van der Waals surface area contributed by atoms with Gasteiger partial charge in [-0.1, -0.05) is 23.2 Å². The minimum absolute atomic E-state index is 0.0534. The van der Waals surface area contributed by atoms with E-state index in [9.17, 15) is 13.2 Å². The highest BCUT2D eigenvalue weighted by atomic mass is 35.5. The molecular weight excluding hydrogens is 353 g/mol. The fraction of sp³-hybridized carbons (Fsp3) is 0.462. The summed E-state index contributed by atoms with van der Waals surface area (Å²) >= 11 is 13.2. The van der Waals surface area contributed by atoms with Crippen molar-refractivity contribution in [2.24, 2.45) is 0 Å². The van der Waals surface area contributed by atoms with Crippen LogP contribution in [0.4, 0.5) is 0 Å². The summed E-state index contributed by atoms with van der Waals surface area (Å²) in [5.41, 5.74) is 0. The standard InChI is InChI=1S/C13H15Cl2NO3S2/c1-16(10-4-5-21(18,19)8-10)13(17)7-20-12-6-9(14)2-3-11(12)15/h2-3,6,10H,4-5,7-8H2,1H3/t10-/m0/s1. The normalized spacial score (nSPS) is 20.4. The number of amides is 1. The van der Waals surface area contributed by atoms with Gasteiger partial charge in [0.1, 0.15) is 0 Å². The zero-order valence-corrected chi connectivity index (χ0v) is 14.5. The predicted octanol–water partition coefficient (Wildman–Crippen LogP) is 2.73. The van der Waals surface area contributed by atoms with Crippen molar-refractivity contribution in [3.8, 4) is 0 Å². The third-order valence-corrected chi connectivity index (χ3v) is 6.86. The van der Waals surface area contributed by atoms with Crippen LogP contribution in [0.15, 0.2) is 23.1 Å². The van der Waals surface area contributed by atoms with E-state index in [1.54, 1.807) is 25.2 Å². The molecular formula is C13H15Cl2NO3S2. The first-order valence-corrected chi connectivity index (χ1v) is 9.89. The molecule has 1 saturated heterocycles. The second-order valence-corrected chi connectivity index (χ2v) is 9.01. The van der Waals surface area contributed by atoms with Crippen molar-refractivity contribution in [1.82, 2.24) is 4.90 Å². The number of benzene rings is 1. The van der Waals surface area contributed by atoms with Crippen LogP contribution in [-0.4, -0.2) is 49.6 Å². The highest BCUT2D eigenvalue weighted by molar-refractivity contribution is 8.00. The fourth-order valence-electron chi connectivity index (χ4n) is 2.11. The summed E-state index contributed by atoms with van der Waals surface area (Å²) in [5.74, 6) is 0.297. The summed E-state index contributed by atoms with van der Waals surface area (Å²) in [7, 11) is -1.35. The highest BCUT2D eigenvalue weighted by Gasteiger charge is 2.32. The van der Waals surface area contributed by atoms with Crippen LogP contribution in [0.25, 0.3) is 0 Å². The van der Waals surface area contributed by atoms with Gasteiger partial charge in [-0.25, -0.2) is 8.42 Å². The first kappa shape index (κ1) is 16.9. The van der Waals surface area contributed by atoms with Crippen molar-refractivity contribution in [1.29, 1.82) is 0 Å². The number of rotatable bonds is 4. The van der Waals surface area contributed by atoms with Crippen molar-refractivity contribution in [3.05, 3.63) is 28.2 Å². The van der Waals surface area contributed by atoms with Gasteiger partial charge in [-0.2, -0.15) is 0 Å². The number of hydrogen-bond donors (Lipinski definition) is 0. The summed E-state index contributed by atoms with van der Waals surface area (Å²) in [6.45, 7) is 0.